The zero-order valence-corrected chi connectivity index (χ0v) is 11.3. The van der Waals surface area contributed by atoms with Crippen LogP contribution >= 0.6 is 0 Å². The first-order valence-corrected chi connectivity index (χ1v) is 7.23. The van der Waals surface area contributed by atoms with Crippen molar-refractivity contribution < 1.29 is 17.9 Å². The number of anilines is 2. The number of rotatable bonds is 4. The molecule has 0 heterocycles. The molecule has 1 rings (SSSR count). The Morgan fingerprint density at radius 3 is 2.56 bits per heavy atom. The summed E-state index contributed by atoms with van der Waals surface area (Å²) in [7, 11) is -3.31. The van der Waals surface area contributed by atoms with Gasteiger partial charge in [0.15, 0.2) is 0 Å². The number of amides is 1. The Balaban J connectivity index is 2.83. The summed E-state index contributed by atoms with van der Waals surface area (Å²) in [6, 6.07) is 4.83. The maximum atomic E-state index is 11.2. The highest BCUT2D eigenvalue weighted by Gasteiger charge is 2.07. The van der Waals surface area contributed by atoms with Crippen molar-refractivity contribution in [3.63, 3.8) is 0 Å². The lowest BCUT2D eigenvalue weighted by molar-refractivity contribution is 0.168. The molecule has 0 aliphatic carbocycles. The molecule has 0 atom stereocenters. The van der Waals surface area contributed by atoms with E-state index in [0.29, 0.717) is 23.5 Å². The molecule has 1 aromatic carbocycles. The van der Waals surface area contributed by atoms with Crippen molar-refractivity contribution in [2.75, 3.05) is 22.9 Å². The highest BCUT2D eigenvalue weighted by Crippen LogP contribution is 2.20. The van der Waals surface area contributed by atoms with Crippen LogP contribution in [0.2, 0.25) is 0 Å². The Hall–Kier alpha value is -1.76. The van der Waals surface area contributed by atoms with Crippen molar-refractivity contribution in [1.82, 2.24) is 0 Å². The van der Waals surface area contributed by atoms with E-state index < -0.39 is 16.1 Å². The molecule has 0 radical (unpaired) electrons. The van der Waals surface area contributed by atoms with Crippen LogP contribution in [0.1, 0.15) is 12.5 Å². The van der Waals surface area contributed by atoms with Gasteiger partial charge in [-0.25, -0.2) is 13.2 Å². The minimum absolute atomic E-state index is 0.290. The Labute approximate surface area is 106 Å². The minimum atomic E-state index is -3.31. The predicted octanol–water partition coefficient (Wildman–Crippen LogP) is 1.93. The van der Waals surface area contributed by atoms with E-state index >= 15 is 0 Å². The van der Waals surface area contributed by atoms with Crippen LogP contribution in [0, 0.1) is 6.92 Å². The molecule has 2 N–H and O–H groups in total. The summed E-state index contributed by atoms with van der Waals surface area (Å²) in [5.41, 5.74) is 1.73. The Bertz CT molecular complexity index is 540. The average Bonchev–Trinajstić information content (AvgIpc) is 2.21. The average molecular weight is 272 g/mol. The van der Waals surface area contributed by atoms with E-state index in [1.54, 1.807) is 32.0 Å². The summed E-state index contributed by atoms with van der Waals surface area (Å²) in [5.74, 6) is 0. The van der Waals surface area contributed by atoms with E-state index in [1.807, 2.05) is 0 Å². The smallest absolute Gasteiger partial charge is 0.411 e. The monoisotopic (exact) mass is 272 g/mol. The molecule has 0 saturated carbocycles. The lowest BCUT2D eigenvalue weighted by Gasteiger charge is -2.10. The number of benzene rings is 1. The summed E-state index contributed by atoms with van der Waals surface area (Å²) in [4.78, 5) is 11.2. The predicted molar refractivity (Wildman–Crippen MR) is 70.3 cm³/mol. The van der Waals surface area contributed by atoms with Gasteiger partial charge in [-0.1, -0.05) is 0 Å². The van der Waals surface area contributed by atoms with E-state index in [-0.39, 0.29) is 0 Å². The van der Waals surface area contributed by atoms with Gasteiger partial charge in [0.25, 0.3) is 0 Å². The van der Waals surface area contributed by atoms with E-state index in [2.05, 4.69) is 10.0 Å². The third-order valence-electron chi connectivity index (χ3n) is 2.04. The van der Waals surface area contributed by atoms with Crippen molar-refractivity contribution in [2.24, 2.45) is 0 Å². The van der Waals surface area contributed by atoms with Gasteiger partial charge in [0.2, 0.25) is 10.0 Å². The Morgan fingerprint density at radius 2 is 2.06 bits per heavy atom. The number of ether oxygens (including phenoxy) is 1. The molecule has 18 heavy (non-hydrogen) atoms. The number of sulfonamides is 1. The van der Waals surface area contributed by atoms with Crippen LogP contribution in [0.3, 0.4) is 0 Å². The zero-order valence-electron chi connectivity index (χ0n) is 10.5. The summed E-state index contributed by atoms with van der Waals surface area (Å²) in [6.07, 6.45) is 0.540. The number of nitrogens with one attached hydrogen (secondary N) is 2. The first kappa shape index (κ1) is 14.3. The van der Waals surface area contributed by atoms with Crippen LogP contribution < -0.4 is 10.0 Å². The van der Waals surface area contributed by atoms with Crippen LogP contribution in [0.4, 0.5) is 16.2 Å². The van der Waals surface area contributed by atoms with E-state index in [4.69, 9.17) is 4.74 Å². The van der Waals surface area contributed by atoms with Gasteiger partial charge in [0, 0.05) is 5.69 Å². The van der Waals surface area contributed by atoms with Crippen molar-refractivity contribution in [2.45, 2.75) is 13.8 Å². The molecule has 0 aliphatic heterocycles. The minimum Gasteiger partial charge on any atom is -0.450 e. The topological polar surface area (TPSA) is 84.5 Å². The van der Waals surface area contributed by atoms with Gasteiger partial charge in [-0.15, -0.1) is 0 Å². The quantitative estimate of drug-likeness (QED) is 0.877. The molecule has 0 fully saturated rings. The second kappa shape index (κ2) is 5.72. The van der Waals surface area contributed by atoms with Crippen LogP contribution in [-0.4, -0.2) is 27.4 Å². The molecule has 0 saturated heterocycles. The molecule has 1 aromatic rings. The van der Waals surface area contributed by atoms with E-state index in [1.165, 1.54) is 0 Å². The normalized spacial score (nSPS) is 10.8. The summed E-state index contributed by atoms with van der Waals surface area (Å²) in [5, 5.41) is 2.54. The number of hydrogen-bond donors (Lipinski definition) is 2. The fraction of sp³-hybridized carbons (Fsp3) is 0.364. The molecule has 0 spiro atoms. The number of hydrogen-bond acceptors (Lipinski definition) is 4. The Kier molecular flexibility index (Phi) is 4.55. The highest BCUT2D eigenvalue weighted by molar-refractivity contribution is 7.92. The molecule has 1 amide bonds. The second-order valence-corrected chi connectivity index (χ2v) is 5.50. The lowest BCUT2D eigenvalue weighted by atomic mass is 10.2. The standard InChI is InChI=1S/C11H16N2O4S/c1-4-17-11(14)12-9-5-6-10(8(2)7-9)13-18(3,15)16/h5-7,13H,4H2,1-3H3,(H,12,14). The molecule has 100 valence electrons. The number of carbonyl (C=O) groups excluding carboxylic acids is 1. The second-order valence-electron chi connectivity index (χ2n) is 3.75. The Morgan fingerprint density at radius 1 is 1.39 bits per heavy atom. The van der Waals surface area contributed by atoms with Crippen LogP contribution in [0.15, 0.2) is 18.2 Å². The third-order valence-corrected chi connectivity index (χ3v) is 2.63. The number of carbonyl (C=O) groups is 1. The van der Waals surface area contributed by atoms with Gasteiger partial charge >= 0.3 is 6.09 Å². The van der Waals surface area contributed by atoms with Gasteiger partial charge in [-0.3, -0.25) is 10.0 Å². The summed E-state index contributed by atoms with van der Waals surface area (Å²) < 4.78 is 29.3. The van der Waals surface area contributed by atoms with E-state index in [0.717, 1.165) is 6.26 Å². The molecule has 0 bridgehead atoms. The van der Waals surface area contributed by atoms with E-state index in [9.17, 15) is 13.2 Å². The van der Waals surface area contributed by atoms with Crippen molar-refractivity contribution in [3.8, 4) is 0 Å². The number of aryl methyl sites for hydroxylation is 1. The highest BCUT2D eigenvalue weighted by atomic mass is 32.2. The molecular weight excluding hydrogens is 256 g/mol. The van der Waals surface area contributed by atoms with Crippen LogP contribution in [-0.2, 0) is 14.8 Å². The SMILES string of the molecule is CCOC(=O)Nc1ccc(NS(C)(=O)=O)c(C)c1. The largest absolute Gasteiger partial charge is 0.450 e. The third kappa shape index (κ3) is 4.62. The maximum absolute atomic E-state index is 11.2. The molecular formula is C11H16N2O4S. The molecule has 0 aliphatic rings. The van der Waals surface area contributed by atoms with Gasteiger partial charge < -0.3 is 4.74 Å². The zero-order chi connectivity index (χ0) is 13.8. The summed E-state index contributed by atoms with van der Waals surface area (Å²) >= 11 is 0. The van der Waals surface area contributed by atoms with Gasteiger partial charge in [-0.2, -0.15) is 0 Å². The van der Waals surface area contributed by atoms with Gasteiger partial charge in [-0.05, 0) is 37.6 Å². The fourth-order valence-corrected chi connectivity index (χ4v) is 1.97. The van der Waals surface area contributed by atoms with Gasteiger partial charge in [0.05, 0.1) is 18.6 Å². The van der Waals surface area contributed by atoms with Gasteiger partial charge in [0.1, 0.15) is 0 Å². The van der Waals surface area contributed by atoms with Crippen molar-refractivity contribution >= 4 is 27.5 Å². The molecule has 7 heteroatoms. The first-order chi connectivity index (χ1) is 8.31. The first-order valence-electron chi connectivity index (χ1n) is 5.34. The molecule has 0 aromatic heterocycles. The van der Waals surface area contributed by atoms with Crippen molar-refractivity contribution in [3.05, 3.63) is 23.8 Å². The fourth-order valence-electron chi connectivity index (χ4n) is 1.34. The van der Waals surface area contributed by atoms with Crippen LogP contribution in [0.25, 0.3) is 0 Å². The molecule has 0 unspecified atom stereocenters. The van der Waals surface area contributed by atoms with Crippen LogP contribution in [0.5, 0.6) is 0 Å². The maximum Gasteiger partial charge on any atom is 0.411 e. The molecule has 6 nitrogen and oxygen atoms in total. The van der Waals surface area contributed by atoms with Crippen molar-refractivity contribution in [1.29, 1.82) is 0 Å². The summed E-state index contributed by atoms with van der Waals surface area (Å²) in [6.45, 7) is 3.74. The lowest BCUT2D eigenvalue weighted by Crippen LogP contribution is -2.14.